The summed E-state index contributed by atoms with van der Waals surface area (Å²) in [5, 5.41) is 3.21. The number of rotatable bonds is 3. The second-order valence-electron chi connectivity index (χ2n) is 4.69. The molecule has 1 aromatic rings. The van der Waals surface area contributed by atoms with E-state index in [4.69, 9.17) is 4.74 Å². The summed E-state index contributed by atoms with van der Waals surface area (Å²) in [6.07, 6.45) is -2.76. The standard InChI is InChI=1S/C13H16F3NO/c1-18-12(6-7-17-9-12)8-10-2-4-11(5-3-10)13(14,15)16/h2-5,17H,6-9H2,1H3. The lowest BCUT2D eigenvalue weighted by Crippen LogP contribution is -2.36. The normalized spacial score (nSPS) is 24.4. The third kappa shape index (κ3) is 2.84. The van der Waals surface area contributed by atoms with Crippen molar-refractivity contribution in [2.45, 2.75) is 24.6 Å². The van der Waals surface area contributed by atoms with Crippen molar-refractivity contribution >= 4 is 0 Å². The van der Waals surface area contributed by atoms with Crippen LogP contribution in [0.25, 0.3) is 0 Å². The minimum Gasteiger partial charge on any atom is -0.377 e. The van der Waals surface area contributed by atoms with Gasteiger partial charge in [-0.15, -0.1) is 0 Å². The molecule has 1 aromatic carbocycles. The topological polar surface area (TPSA) is 21.3 Å². The Morgan fingerprint density at radius 3 is 2.39 bits per heavy atom. The molecule has 1 fully saturated rings. The highest BCUT2D eigenvalue weighted by Crippen LogP contribution is 2.30. The summed E-state index contributed by atoms with van der Waals surface area (Å²) >= 11 is 0. The highest BCUT2D eigenvalue weighted by atomic mass is 19.4. The van der Waals surface area contributed by atoms with E-state index >= 15 is 0 Å². The van der Waals surface area contributed by atoms with Crippen molar-refractivity contribution in [1.29, 1.82) is 0 Å². The number of hydrogen-bond donors (Lipinski definition) is 1. The zero-order valence-corrected chi connectivity index (χ0v) is 10.2. The Morgan fingerprint density at radius 1 is 1.28 bits per heavy atom. The quantitative estimate of drug-likeness (QED) is 0.901. The summed E-state index contributed by atoms with van der Waals surface area (Å²) in [7, 11) is 1.65. The van der Waals surface area contributed by atoms with Crippen molar-refractivity contribution in [1.82, 2.24) is 5.32 Å². The molecule has 0 aromatic heterocycles. The first-order valence-electron chi connectivity index (χ1n) is 5.87. The van der Waals surface area contributed by atoms with Crippen LogP contribution in [0.4, 0.5) is 13.2 Å². The Labute approximate surface area is 104 Å². The Balaban J connectivity index is 2.11. The number of ether oxygens (including phenoxy) is 1. The van der Waals surface area contributed by atoms with E-state index in [0.717, 1.165) is 37.2 Å². The number of methoxy groups -OCH3 is 1. The average molecular weight is 259 g/mol. The molecule has 2 rings (SSSR count). The van der Waals surface area contributed by atoms with E-state index < -0.39 is 11.7 Å². The van der Waals surface area contributed by atoms with Crippen molar-refractivity contribution in [3.63, 3.8) is 0 Å². The predicted molar refractivity (Wildman–Crippen MR) is 62.4 cm³/mol. The zero-order valence-electron chi connectivity index (χ0n) is 10.2. The van der Waals surface area contributed by atoms with E-state index in [1.807, 2.05) is 0 Å². The monoisotopic (exact) mass is 259 g/mol. The Kier molecular flexibility index (Phi) is 3.64. The fourth-order valence-electron chi connectivity index (χ4n) is 2.30. The van der Waals surface area contributed by atoms with Gasteiger partial charge < -0.3 is 10.1 Å². The molecule has 1 N–H and O–H groups in total. The molecule has 100 valence electrons. The van der Waals surface area contributed by atoms with Gasteiger partial charge in [-0.05, 0) is 30.7 Å². The van der Waals surface area contributed by atoms with Crippen LogP contribution in [0, 0.1) is 0 Å². The van der Waals surface area contributed by atoms with E-state index in [-0.39, 0.29) is 5.60 Å². The number of alkyl halides is 3. The molecule has 0 bridgehead atoms. The van der Waals surface area contributed by atoms with Gasteiger partial charge in [-0.1, -0.05) is 12.1 Å². The molecule has 0 spiro atoms. The summed E-state index contributed by atoms with van der Waals surface area (Å²) in [5.74, 6) is 0. The third-order valence-electron chi connectivity index (χ3n) is 3.45. The molecular weight excluding hydrogens is 243 g/mol. The van der Waals surface area contributed by atoms with Gasteiger partial charge in [-0.2, -0.15) is 13.2 Å². The Hall–Kier alpha value is -1.07. The number of halogens is 3. The maximum atomic E-state index is 12.4. The van der Waals surface area contributed by atoms with Gasteiger partial charge in [-0.3, -0.25) is 0 Å². The van der Waals surface area contributed by atoms with Gasteiger partial charge in [0.2, 0.25) is 0 Å². The maximum absolute atomic E-state index is 12.4. The fraction of sp³-hybridized carbons (Fsp3) is 0.538. The van der Waals surface area contributed by atoms with Crippen LogP contribution in [-0.4, -0.2) is 25.8 Å². The van der Waals surface area contributed by atoms with Gasteiger partial charge >= 0.3 is 6.18 Å². The van der Waals surface area contributed by atoms with Crippen molar-refractivity contribution in [2.24, 2.45) is 0 Å². The molecule has 1 heterocycles. The predicted octanol–water partition coefficient (Wildman–Crippen LogP) is 2.63. The Morgan fingerprint density at radius 2 is 1.94 bits per heavy atom. The van der Waals surface area contributed by atoms with Crippen LogP contribution in [0.5, 0.6) is 0 Å². The smallest absolute Gasteiger partial charge is 0.377 e. The van der Waals surface area contributed by atoms with Gasteiger partial charge in [0, 0.05) is 20.1 Å². The van der Waals surface area contributed by atoms with E-state index in [9.17, 15) is 13.2 Å². The summed E-state index contributed by atoms with van der Waals surface area (Å²) in [5.41, 5.74) is -0.0180. The third-order valence-corrected chi connectivity index (χ3v) is 3.45. The van der Waals surface area contributed by atoms with Gasteiger partial charge in [0.25, 0.3) is 0 Å². The summed E-state index contributed by atoms with van der Waals surface area (Å²) in [4.78, 5) is 0. The van der Waals surface area contributed by atoms with Crippen LogP contribution < -0.4 is 5.32 Å². The minimum atomic E-state index is -4.27. The lowest BCUT2D eigenvalue weighted by atomic mass is 9.93. The highest BCUT2D eigenvalue weighted by Gasteiger charge is 2.34. The molecule has 1 aliphatic rings. The van der Waals surface area contributed by atoms with E-state index in [0.29, 0.717) is 6.42 Å². The summed E-state index contributed by atoms with van der Waals surface area (Å²) in [6, 6.07) is 5.31. The van der Waals surface area contributed by atoms with E-state index in [1.54, 1.807) is 7.11 Å². The SMILES string of the molecule is COC1(Cc2ccc(C(F)(F)F)cc2)CCNC1. The van der Waals surface area contributed by atoms with E-state index in [1.165, 1.54) is 12.1 Å². The molecule has 0 amide bonds. The molecule has 0 aliphatic carbocycles. The van der Waals surface area contributed by atoms with Crippen LogP contribution in [0.15, 0.2) is 24.3 Å². The molecule has 2 nitrogen and oxygen atoms in total. The number of hydrogen-bond acceptors (Lipinski definition) is 2. The lowest BCUT2D eigenvalue weighted by molar-refractivity contribution is -0.137. The zero-order chi connectivity index (χ0) is 13.2. The maximum Gasteiger partial charge on any atom is 0.416 e. The molecule has 1 aliphatic heterocycles. The van der Waals surface area contributed by atoms with Gasteiger partial charge in [-0.25, -0.2) is 0 Å². The lowest BCUT2D eigenvalue weighted by Gasteiger charge is -2.26. The number of benzene rings is 1. The molecule has 5 heteroatoms. The first-order chi connectivity index (χ1) is 8.45. The molecule has 18 heavy (non-hydrogen) atoms. The van der Waals surface area contributed by atoms with Crippen molar-refractivity contribution in [3.8, 4) is 0 Å². The molecule has 0 radical (unpaired) electrons. The van der Waals surface area contributed by atoms with Crippen molar-refractivity contribution in [2.75, 3.05) is 20.2 Å². The van der Waals surface area contributed by atoms with Crippen LogP contribution in [0.2, 0.25) is 0 Å². The fourth-order valence-corrected chi connectivity index (χ4v) is 2.30. The second-order valence-corrected chi connectivity index (χ2v) is 4.69. The molecule has 1 saturated heterocycles. The second kappa shape index (κ2) is 4.90. The first-order valence-corrected chi connectivity index (χ1v) is 5.87. The van der Waals surface area contributed by atoms with Crippen molar-refractivity contribution in [3.05, 3.63) is 35.4 Å². The molecule has 1 atom stereocenters. The highest BCUT2D eigenvalue weighted by molar-refractivity contribution is 5.26. The summed E-state index contributed by atoms with van der Waals surface area (Å²) < 4.78 is 42.8. The van der Waals surface area contributed by atoms with Crippen LogP contribution in [-0.2, 0) is 17.3 Å². The average Bonchev–Trinajstić information content (AvgIpc) is 2.78. The molecule has 0 saturated carbocycles. The van der Waals surface area contributed by atoms with Gasteiger partial charge in [0.1, 0.15) is 0 Å². The van der Waals surface area contributed by atoms with Crippen LogP contribution in [0.3, 0.4) is 0 Å². The van der Waals surface area contributed by atoms with E-state index in [2.05, 4.69) is 5.32 Å². The van der Waals surface area contributed by atoms with Crippen molar-refractivity contribution < 1.29 is 17.9 Å². The largest absolute Gasteiger partial charge is 0.416 e. The van der Waals surface area contributed by atoms with Gasteiger partial charge in [0.15, 0.2) is 0 Å². The van der Waals surface area contributed by atoms with Gasteiger partial charge in [0.05, 0.1) is 11.2 Å². The molecule has 1 unspecified atom stereocenters. The number of nitrogens with one attached hydrogen (secondary N) is 1. The van der Waals surface area contributed by atoms with Crippen LogP contribution in [0.1, 0.15) is 17.5 Å². The Bertz CT molecular complexity index is 394. The molecular formula is C13H16F3NO. The minimum absolute atomic E-state index is 0.278. The first kappa shape index (κ1) is 13.4. The van der Waals surface area contributed by atoms with Crippen LogP contribution >= 0.6 is 0 Å². The summed E-state index contributed by atoms with van der Waals surface area (Å²) in [6.45, 7) is 1.62.